The predicted octanol–water partition coefficient (Wildman–Crippen LogP) is 1.52. The Hall–Kier alpha value is -1.59. The van der Waals surface area contributed by atoms with E-state index < -0.39 is 0 Å². The Morgan fingerprint density at radius 3 is 2.95 bits per heavy atom. The molecule has 1 aliphatic heterocycles. The number of amidine groups is 1. The maximum Gasteiger partial charge on any atom is 0.170 e. The fraction of sp³-hybridized carbons (Fsp3) is 0.533. The molecule has 1 atom stereocenters. The molecule has 0 radical (unpaired) electrons. The summed E-state index contributed by atoms with van der Waals surface area (Å²) in [6.07, 6.45) is 4.26. The monoisotopic (exact) mass is 277 g/mol. The van der Waals surface area contributed by atoms with Crippen molar-refractivity contribution in [2.24, 2.45) is 10.9 Å². The van der Waals surface area contributed by atoms with Crippen LogP contribution in [0.5, 0.6) is 0 Å². The molecule has 5 heteroatoms. The van der Waals surface area contributed by atoms with E-state index in [1.54, 1.807) is 0 Å². The molecule has 110 valence electrons. The van der Waals surface area contributed by atoms with E-state index in [0.29, 0.717) is 6.04 Å². The first-order chi connectivity index (χ1) is 9.76. The van der Waals surface area contributed by atoms with Gasteiger partial charge in [0, 0.05) is 24.8 Å². The van der Waals surface area contributed by atoms with Gasteiger partial charge in [-0.05, 0) is 37.8 Å². The van der Waals surface area contributed by atoms with E-state index in [1.807, 2.05) is 24.3 Å². The van der Waals surface area contributed by atoms with Crippen molar-refractivity contribution in [3.63, 3.8) is 0 Å². The van der Waals surface area contributed by atoms with E-state index >= 15 is 0 Å². The zero-order valence-corrected chi connectivity index (χ0v) is 11.7. The van der Waals surface area contributed by atoms with Crippen LogP contribution in [0.15, 0.2) is 29.4 Å². The lowest BCUT2D eigenvalue weighted by Gasteiger charge is -2.25. The highest BCUT2D eigenvalue weighted by atomic mass is 16.4. The Bertz CT molecular complexity index is 462. The molecular weight excluding hydrogens is 254 g/mol. The van der Waals surface area contributed by atoms with E-state index in [4.69, 9.17) is 16.0 Å². The van der Waals surface area contributed by atoms with E-state index in [2.05, 4.69) is 10.1 Å². The largest absolute Gasteiger partial charge is 0.409 e. The number of aliphatic hydroxyl groups is 1. The zero-order valence-electron chi connectivity index (χ0n) is 11.7. The summed E-state index contributed by atoms with van der Waals surface area (Å²) in [5.41, 5.74) is 7.61. The van der Waals surface area contributed by atoms with Crippen molar-refractivity contribution < 1.29 is 10.3 Å². The van der Waals surface area contributed by atoms with E-state index in [-0.39, 0.29) is 12.4 Å². The van der Waals surface area contributed by atoms with Crippen LogP contribution in [0.4, 0.5) is 0 Å². The Labute approximate surface area is 119 Å². The van der Waals surface area contributed by atoms with Crippen molar-refractivity contribution in [3.8, 4) is 0 Å². The van der Waals surface area contributed by atoms with Crippen LogP contribution < -0.4 is 5.73 Å². The summed E-state index contributed by atoms with van der Waals surface area (Å²) in [4.78, 5) is 2.43. The third-order valence-electron chi connectivity index (χ3n) is 3.97. The van der Waals surface area contributed by atoms with Crippen molar-refractivity contribution in [2.45, 2.75) is 38.3 Å². The first-order valence-corrected chi connectivity index (χ1v) is 7.17. The van der Waals surface area contributed by atoms with Crippen molar-refractivity contribution in [1.82, 2.24) is 4.90 Å². The normalized spacial score (nSPS) is 20.4. The second kappa shape index (κ2) is 7.26. The van der Waals surface area contributed by atoms with Gasteiger partial charge >= 0.3 is 0 Å². The quantitative estimate of drug-likeness (QED) is 0.319. The molecule has 20 heavy (non-hydrogen) atoms. The SMILES string of the molecule is NC(=NO)c1ccccc1CN1CCCC1CCCO. The smallest absolute Gasteiger partial charge is 0.170 e. The minimum Gasteiger partial charge on any atom is -0.409 e. The average Bonchev–Trinajstić information content (AvgIpc) is 2.92. The number of nitrogens with two attached hydrogens (primary N) is 1. The first kappa shape index (κ1) is 14.8. The molecule has 1 aliphatic rings. The van der Waals surface area contributed by atoms with Gasteiger partial charge in [0.1, 0.15) is 0 Å². The standard InChI is InChI=1S/C15H23N3O2/c16-15(17-20)14-8-2-1-5-12(14)11-18-9-3-6-13(18)7-4-10-19/h1-2,5,8,13,19-20H,3-4,6-7,9-11H2,(H2,16,17). The summed E-state index contributed by atoms with van der Waals surface area (Å²) in [7, 11) is 0. The summed E-state index contributed by atoms with van der Waals surface area (Å²) in [6.45, 7) is 2.13. The van der Waals surface area contributed by atoms with Gasteiger partial charge in [-0.1, -0.05) is 29.4 Å². The van der Waals surface area contributed by atoms with Crippen LogP contribution in [0.2, 0.25) is 0 Å². The van der Waals surface area contributed by atoms with Crippen LogP contribution in [0.1, 0.15) is 36.8 Å². The van der Waals surface area contributed by atoms with Crippen LogP contribution in [-0.2, 0) is 6.54 Å². The fourth-order valence-electron chi connectivity index (χ4n) is 2.94. The number of benzene rings is 1. The second-order valence-corrected chi connectivity index (χ2v) is 5.27. The van der Waals surface area contributed by atoms with Gasteiger partial charge in [0.15, 0.2) is 5.84 Å². The molecular formula is C15H23N3O2. The molecule has 0 aromatic heterocycles. The maximum atomic E-state index is 8.97. The number of nitrogens with zero attached hydrogens (tertiary/aromatic N) is 2. The fourth-order valence-corrected chi connectivity index (χ4v) is 2.94. The highest BCUT2D eigenvalue weighted by Gasteiger charge is 2.24. The third-order valence-corrected chi connectivity index (χ3v) is 3.97. The molecule has 1 heterocycles. The Kier molecular flexibility index (Phi) is 5.38. The van der Waals surface area contributed by atoms with E-state index in [0.717, 1.165) is 37.1 Å². The number of hydrogen-bond acceptors (Lipinski definition) is 4. The number of likely N-dealkylation sites (tertiary alicyclic amines) is 1. The average molecular weight is 277 g/mol. The van der Waals surface area contributed by atoms with Crippen LogP contribution in [0.3, 0.4) is 0 Å². The van der Waals surface area contributed by atoms with Gasteiger partial charge in [-0.2, -0.15) is 0 Å². The van der Waals surface area contributed by atoms with Crippen molar-refractivity contribution in [3.05, 3.63) is 35.4 Å². The van der Waals surface area contributed by atoms with Crippen LogP contribution in [-0.4, -0.2) is 40.2 Å². The van der Waals surface area contributed by atoms with E-state index in [9.17, 15) is 0 Å². The van der Waals surface area contributed by atoms with Crippen molar-refractivity contribution in [2.75, 3.05) is 13.2 Å². The molecule has 0 bridgehead atoms. The summed E-state index contributed by atoms with van der Waals surface area (Å²) < 4.78 is 0. The number of rotatable bonds is 6. The highest BCUT2D eigenvalue weighted by Crippen LogP contribution is 2.24. The first-order valence-electron chi connectivity index (χ1n) is 7.17. The zero-order chi connectivity index (χ0) is 14.4. The van der Waals surface area contributed by atoms with Crippen LogP contribution in [0, 0.1) is 0 Å². The molecule has 1 saturated heterocycles. The third kappa shape index (κ3) is 3.49. The summed E-state index contributed by atoms with van der Waals surface area (Å²) >= 11 is 0. The van der Waals surface area contributed by atoms with Gasteiger partial charge < -0.3 is 16.0 Å². The molecule has 1 fully saturated rings. The van der Waals surface area contributed by atoms with Gasteiger partial charge in [0.2, 0.25) is 0 Å². The Morgan fingerprint density at radius 2 is 2.20 bits per heavy atom. The molecule has 0 spiro atoms. The summed E-state index contributed by atoms with van der Waals surface area (Å²) in [5.74, 6) is 0.159. The summed E-state index contributed by atoms with van der Waals surface area (Å²) in [5, 5.41) is 20.9. The Morgan fingerprint density at radius 1 is 1.40 bits per heavy atom. The Balaban J connectivity index is 2.09. The molecule has 0 saturated carbocycles. The highest BCUT2D eigenvalue weighted by molar-refractivity contribution is 5.98. The number of hydrogen-bond donors (Lipinski definition) is 3. The minimum absolute atomic E-state index is 0.159. The number of aliphatic hydroxyl groups excluding tert-OH is 1. The lowest BCUT2D eigenvalue weighted by molar-refractivity contribution is 0.210. The van der Waals surface area contributed by atoms with Crippen LogP contribution in [0.25, 0.3) is 0 Å². The molecule has 4 N–H and O–H groups in total. The molecule has 1 unspecified atom stereocenters. The minimum atomic E-state index is 0.159. The lowest BCUT2D eigenvalue weighted by Crippen LogP contribution is -2.30. The van der Waals surface area contributed by atoms with Gasteiger partial charge in [-0.15, -0.1) is 0 Å². The molecule has 0 aliphatic carbocycles. The number of oxime groups is 1. The summed E-state index contributed by atoms with van der Waals surface area (Å²) in [6, 6.07) is 8.30. The van der Waals surface area contributed by atoms with Gasteiger partial charge in [0.05, 0.1) is 0 Å². The van der Waals surface area contributed by atoms with Gasteiger partial charge in [-0.25, -0.2) is 0 Å². The molecule has 1 aromatic carbocycles. The van der Waals surface area contributed by atoms with E-state index in [1.165, 1.54) is 12.8 Å². The van der Waals surface area contributed by atoms with Crippen molar-refractivity contribution >= 4 is 5.84 Å². The predicted molar refractivity (Wildman–Crippen MR) is 78.7 cm³/mol. The topological polar surface area (TPSA) is 82.1 Å². The maximum absolute atomic E-state index is 8.97. The van der Waals surface area contributed by atoms with Gasteiger partial charge in [-0.3, -0.25) is 4.90 Å². The second-order valence-electron chi connectivity index (χ2n) is 5.27. The molecule has 1 aromatic rings. The molecule has 0 amide bonds. The molecule has 2 rings (SSSR count). The van der Waals surface area contributed by atoms with Crippen molar-refractivity contribution in [1.29, 1.82) is 0 Å². The molecule has 5 nitrogen and oxygen atoms in total. The van der Waals surface area contributed by atoms with Gasteiger partial charge in [0.25, 0.3) is 0 Å². The van der Waals surface area contributed by atoms with Crippen LogP contribution >= 0.6 is 0 Å². The lowest BCUT2D eigenvalue weighted by atomic mass is 10.0.